The summed E-state index contributed by atoms with van der Waals surface area (Å²) in [4.78, 5) is 10.3. The van der Waals surface area contributed by atoms with E-state index in [9.17, 15) is 4.79 Å². The second kappa shape index (κ2) is 6.91. The molecule has 0 unspecified atom stereocenters. The minimum Gasteiger partial charge on any atom is -0.420 e. The summed E-state index contributed by atoms with van der Waals surface area (Å²) in [7, 11) is 0. The fourth-order valence-corrected chi connectivity index (χ4v) is 0.992. The van der Waals surface area contributed by atoms with E-state index in [1.54, 1.807) is 6.07 Å². The van der Waals surface area contributed by atoms with Crippen LogP contribution in [0.3, 0.4) is 0 Å². The van der Waals surface area contributed by atoms with E-state index in [1.165, 1.54) is 0 Å². The molecule has 0 aromatic heterocycles. The van der Waals surface area contributed by atoms with E-state index in [0.717, 1.165) is 5.56 Å². The summed E-state index contributed by atoms with van der Waals surface area (Å²) in [5.41, 5.74) is 1.72. The Balaban J connectivity index is 0. The number of carbonyl (C=O) groups excluding carboxylic acids is 1. The van der Waals surface area contributed by atoms with Crippen LogP contribution >= 0.6 is 0 Å². The van der Waals surface area contributed by atoms with E-state index >= 15 is 0 Å². The van der Waals surface area contributed by atoms with E-state index in [4.69, 9.17) is 0 Å². The first-order valence-corrected chi connectivity index (χ1v) is 3.94. The first-order valence-electron chi connectivity index (χ1n) is 3.94. The minimum atomic E-state index is 0. The molecule has 0 amide bonds. The summed E-state index contributed by atoms with van der Waals surface area (Å²) in [6.07, 6.45) is 1.83. The molecule has 1 nitrogen and oxygen atoms in total. The standard InChI is InChI=1S/C11H12O.U.V/c1-11(2,3)10-6-4-5-9(7-10)8-12;;/h4,6-7H,1-3H3;;/q-2;;. The van der Waals surface area contributed by atoms with Gasteiger partial charge in [-0.1, -0.05) is 20.8 Å². The predicted molar refractivity (Wildman–Crippen MR) is 48.8 cm³/mol. The second-order valence-electron chi connectivity index (χ2n) is 3.84. The molecule has 14 heavy (non-hydrogen) atoms. The third-order valence-corrected chi connectivity index (χ3v) is 1.78. The summed E-state index contributed by atoms with van der Waals surface area (Å²) < 4.78 is 0. The average Bonchev–Trinajstić information content (AvgIpc) is 2.03. The van der Waals surface area contributed by atoms with E-state index in [0.29, 0.717) is 5.56 Å². The smallest absolute Gasteiger partial charge is 0 e. The molecule has 1 aromatic carbocycles. The zero-order valence-electron chi connectivity index (χ0n) is 8.59. The molecule has 0 aliphatic heterocycles. The van der Waals surface area contributed by atoms with Gasteiger partial charge in [0.05, 0.1) is 0 Å². The van der Waals surface area contributed by atoms with Crippen molar-refractivity contribution in [1.29, 1.82) is 0 Å². The summed E-state index contributed by atoms with van der Waals surface area (Å²) in [6, 6.07) is 8.37. The Labute approximate surface area is 121 Å². The Morgan fingerprint density at radius 2 is 1.93 bits per heavy atom. The molecule has 0 spiro atoms. The van der Waals surface area contributed by atoms with Crippen LogP contribution in [0.25, 0.3) is 0 Å². The third kappa shape index (κ3) is 4.85. The molecule has 1 radical (unpaired) electrons. The van der Waals surface area contributed by atoms with Crippen molar-refractivity contribution in [3.05, 3.63) is 35.4 Å². The maximum Gasteiger partial charge on any atom is 0 e. The molecule has 0 aliphatic rings. The van der Waals surface area contributed by atoms with Crippen LogP contribution < -0.4 is 0 Å². The van der Waals surface area contributed by atoms with Crippen LogP contribution in [-0.4, -0.2) is 6.29 Å². The van der Waals surface area contributed by atoms with Gasteiger partial charge < -0.3 is 4.79 Å². The molecular formula is C11H12OUV-2. The van der Waals surface area contributed by atoms with E-state index < -0.39 is 0 Å². The third-order valence-electron chi connectivity index (χ3n) is 1.78. The Bertz CT molecular complexity index is 292. The summed E-state index contributed by atoms with van der Waals surface area (Å²) in [5, 5.41) is 0. The molecule has 0 aliphatic carbocycles. The number of hydrogen-bond acceptors (Lipinski definition) is 1. The van der Waals surface area contributed by atoms with E-state index in [1.807, 2.05) is 18.4 Å². The van der Waals surface area contributed by atoms with Gasteiger partial charge in [-0.25, -0.2) is 23.8 Å². The van der Waals surface area contributed by atoms with Gasteiger partial charge in [0.25, 0.3) is 0 Å². The topological polar surface area (TPSA) is 17.1 Å². The molecule has 1 aromatic rings. The zero-order chi connectivity index (χ0) is 9.19. The van der Waals surface area contributed by atoms with Gasteiger partial charge in [0.2, 0.25) is 0 Å². The molecule has 0 saturated heterocycles. The molecule has 0 saturated carbocycles. The van der Waals surface area contributed by atoms with Crippen LogP contribution in [0.2, 0.25) is 0 Å². The van der Waals surface area contributed by atoms with Gasteiger partial charge in [0, 0.05) is 49.7 Å². The first kappa shape index (κ1) is 16.9. The van der Waals surface area contributed by atoms with Crippen molar-refractivity contribution in [3.63, 3.8) is 0 Å². The monoisotopic (exact) mass is 449 g/mol. The van der Waals surface area contributed by atoms with Crippen molar-refractivity contribution < 1.29 is 54.5 Å². The van der Waals surface area contributed by atoms with Crippen molar-refractivity contribution in [2.45, 2.75) is 26.2 Å². The first-order chi connectivity index (χ1) is 5.54. The van der Waals surface area contributed by atoms with Crippen molar-refractivity contribution in [3.8, 4) is 0 Å². The zero-order valence-corrected chi connectivity index (χ0v) is 14.1. The van der Waals surface area contributed by atoms with E-state index in [2.05, 4.69) is 26.8 Å². The van der Waals surface area contributed by atoms with Crippen LogP contribution in [0.4, 0.5) is 0 Å². The molecule has 0 N–H and O–H groups in total. The van der Waals surface area contributed by atoms with Crippen molar-refractivity contribution in [2.24, 2.45) is 0 Å². The Hall–Kier alpha value is 0.526. The van der Waals surface area contributed by atoms with Crippen molar-refractivity contribution >= 4 is 6.29 Å². The summed E-state index contributed by atoms with van der Waals surface area (Å²) in [5.74, 6) is 0. The van der Waals surface area contributed by atoms with Gasteiger partial charge in [-0.3, -0.25) is 11.6 Å². The maximum absolute atomic E-state index is 10.3. The predicted octanol–water partition coefficient (Wildman–Crippen LogP) is 2.24. The van der Waals surface area contributed by atoms with Crippen molar-refractivity contribution in [2.75, 3.05) is 0 Å². The van der Waals surface area contributed by atoms with Crippen molar-refractivity contribution in [1.82, 2.24) is 0 Å². The Kier molecular flexibility index (Phi) is 8.36. The summed E-state index contributed by atoms with van der Waals surface area (Å²) >= 11 is 0. The maximum atomic E-state index is 10.3. The van der Waals surface area contributed by atoms with Gasteiger partial charge in [-0.15, -0.1) is 0 Å². The van der Waals surface area contributed by atoms with Crippen LogP contribution in [-0.2, 0) is 28.8 Å². The van der Waals surface area contributed by atoms with Crippen LogP contribution in [0.15, 0.2) is 18.2 Å². The molecule has 0 bridgehead atoms. The fourth-order valence-electron chi connectivity index (χ4n) is 0.992. The van der Waals surface area contributed by atoms with Gasteiger partial charge in [0.1, 0.15) is 0 Å². The van der Waals surface area contributed by atoms with Gasteiger partial charge in [-0.2, -0.15) is 0 Å². The molecule has 0 fully saturated rings. The average molecular weight is 449 g/mol. The molecule has 3 heteroatoms. The summed E-state index contributed by atoms with van der Waals surface area (Å²) in [6.45, 7) is 6.32. The molecule has 1 rings (SSSR count). The normalized spacial score (nSPS) is 9.64. The minimum absolute atomic E-state index is 0. The second-order valence-corrected chi connectivity index (χ2v) is 3.84. The van der Waals surface area contributed by atoms with Crippen LogP contribution in [0, 0.1) is 37.2 Å². The van der Waals surface area contributed by atoms with Gasteiger partial charge in [-0.05, 0) is 11.7 Å². The largest absolute Gasteiger partial charge is 0.420 e. The van der Waals surface area contributed by atoms with Gasteiger partial charge >= 0.3 is 0 Å². The van der Waals surface area contributed by atoms with E-state index in [-0.39, 0.29) is 55.1 Å². The Morgan fingerprint density at radius 1 is 1.36 bits per heavy atom. The van der Waals surface area contributed by atoms with Gasteiger partial charge in [0.15, 0.2) is 0 Å². The fraction of sp³-hybridized carbons (Fsp3) is 0.364. The Morgan fingerprint density at radius 3 is 2.36 bits per heavy atom. The molecule has 0 heterocycles. The number of rotatable bonds is 1. The van der Waals surface area contributed by atoms with Crippen LogP contribution in [0.1, 0.15) is 31.9 Å². The molecule has 73 valence electrons. The number of benzene rings is 1. The molecular weight excluding hydrogens is 437 g/mol. The SMILES string of the molecule is CC(C)(C)c1cc[c-]c([C-]=O)c1.[U].[V]. The van der Waals surface area contributed by atoms with Crippen LogP contribution in [0.5, 0.6) is 0 Å². The molecule has 0 atom stereocenters. The number of hydrogen-bond donors (Lipinski definition) is 0. The quantitative estimate of drug-likeness (QED) is 0.602.